The molecule has 1 aromatic carbocycles. The van der Waals surface area contributed by atoms with E-state index < -0.39 is 21.7 Å². The topological polar surface area (TPSA) is 66.5 Å². The summed E-state index contributed by atoms with van der Waals surface area (Å²) in [7, 11) is -3.34. The molecule has 0 saturated carbocycles. The lowest BCUT2D eigenvalue weighted by atomic mass is 9.97. The van der Waals surface area contributed by atoms with E-state index in [2.05, 4.69) is 11.4 Å². The van der Waals surface area contributed by atoms with Crippen molar-refractivity contribution in [1.82, 2.24) is 9.62 Å². The lowest BCUT2D eigenvalue weighted by Gasteiger charge is -2.22. The number of carbonyl (C=O) groups excluding carboxylic acids is 1. The number of nitrogens with one attached hydrogen (secondary N) is 1. The number of carbonyl (C=O) groups is 1. The molecule has 5 nitrogen and oxygen atoms in total. The average Bonchev–Trinajstić information content (AvgIpc) is 2.57. The molecule has 1 amide bonds. The van der Waals surface area contributed by atoms with E-state index >= 15 is 0 Å². The standard InChI is InChI=1S/C18H25FN2O3S/c1-25(23,24)21(12-10-15-6-3-2-4-7-15)13-11-20-18(22)16-8-5-9-17(19)14-16/h5-6,8-9,14H,2-4,7,10-13H2,1H3,(H,20,22). The van der Waals surface area contributed by atoms with Crippen LogP contribution in [0.25, 0.3) is 0 Å². The largest absolute Gasteiger partial charge is 0.351 e. The number of benzene rings is 1. The number of allylic oxidation sites excluding steroid dienone is 1. The number of halogens is 1. The summed E-state index contributed by atoms with van der Waals surface area (Å²) in [5.41, 5.74) is 1.53. The van der Waals surface area contributed by atoms with Gasteiger partial charge in [-0.05, 0) is 50.3 Å². The summed E-state index contributed by atoms with van der Waals surface area (Å²) in [5.74, 6) is -0.894. The molecule has 138 valence electrons. The highest BCUT2D eigenvalue weighted by Gasteiger charge is 2.17. The molecular formula is C18H25FN2O3S. The van der Waals surface area contributed by atoms with Crippen LogP contribution in [0.3, 0.4) is 0 Å². The van der Waals surface area contributed by atoms with Gasteiger partial charge >= 0.3 is 0 Å². The second-order valence-electron chi connectivity index (χ2n) is 6.29. The van der Waals surface area contributed by atoms with Crippen molar-refractivity contribution >= 4 is 15.9 Å². The molecule has 2 rings (SSSR count). The normalized spacial score (nSPS) is 15.1. The van der Waals surface area contributed by atoms with Crippen molar-refractivity contribution in [3.8, 4) is 0 Å². The summed E-state index contributed by atoms with van der Waals surface area (Å²) >= 11 is 0. The smallest absolute Gasteiger partial charge is 0.251 e. The van der Waals surface area contributed by atoms with Crippen LogP contribution in [0.4, 0.5) is 4.39 Å². The molecule has 7 heteroatoms. The Morgan fingerprint density at radius 2 is 2.08 bits per heavy atom. The van der Waals surface area contributed by atoms with Crippen LogP contribution < -0.4 is 5.32 Å². The second-order valence-corrected chi connectivity index (χ2v) is 8.27. The van der Waals surface area contributed by atoms with Gasteiger partial charge in [-0.25, -0.2) is 17.1 Å². The highest BCUT2D eigenvalue weighted by Crippen LogP contribution is 2.20. The van der Waals surface area contributed by atoms with Gasteiger partial charge in [0.15, 0.2) is 0 Å². The van der Waals surface area contributed by atoms with Crippen LogP contribution in [0.2, 0.25) is 0 Å². The Bertz CT molecular complexity index is 732. The van der Waals surface area contributed by atoms with E-state index in [-0.39, 0.29) is 18.7 Å². The minimum absolute atomic E-state index is 0.182. The first-order chi connectivity index (χ1) is 11.9. The van der Waals surface area contributed by atoms with Crippen LogP contribution in [0.1, 0.15) is 42.5 Å². The van der Waals surface area contributed by atoms with Gasteiger partial charge in [0.05, 0.1) is 6.26 Å². The second kappa shape index (κ2) is 9.10. The molecule has 0 saturated heterocycles. The molecule has 1 aliphatic rings. The molecule has 0 heterocycles. The summed E-state index contributed by atoms with van der Waals surface area (Å²) in [6.45, 7) is 0.801. The third kappa shape index (κ3) is 6.59. The first-order valence-electron chi connectivity index (χ1n) is 8.53. The number of sulfonamides is 1. The summed E-state index contributed by atoms with van der Waals surface area (Å²) in [6, 6.07) is 5.40. The number of hydrogen-bond donors (Lipinski definition) is 1. The van der Waals surface area contributed by atoms with Gasteiger partial charge < -0.3 is 5.32 Å². The Labute approximate surface area is 149 Å². The predicted molar refractivity (Wildman–Crippen MR) is 96.3 cm³/mol. The van der Waals surface area contributed by atoms with Crippen LogP contribution in [-0.4, -0.2) is 44.5 Å². The van der Waals surface area contributed by atoms with E-state index in [0.717, 1.165) is 31.7 Å². The van der Waals surface area contributed by atoms with E-state index in [1.54, 1.807) is 0 Å². The number of nitrogens with zero attached hydrogens (tertiary/aromatic N) is 1. The Hall–Kier alpha value is -1.73. The fourth-order valence-electron chi connectivity index (χ4n) is 2.87. The molecule has 0 atom stereocenters. The molecular weight excluding hydrogens is 343 g/mol. The number of rotatable bonds is 8. The SMILES string of the molecule is CS(=O)(=O)N(CCNC(=O)c1cccc(F)c1)CCC1=CCCCC1. The van der Waals surface area contributed by atoms with Gasteiger partial charge in [-0.2, -0.15) is 0 Å². The van der Waals surface area contributed by atoms with Crippen molar-refractivity contribution in [2.24, 2.45) is 0 Å². The van der Waals surface area contributed by atoms with Crippen molar-refractivity contribution in [2.45, 2.75) is 32.1 Å². The monoisotopic (exact) mass is 368 g/mol. The molecule has 0 aliphatic heterocycles. The average molecular weight is 368 g/mol. The van der Waals surface area contributed by atoms with Gasteiger partial charge in [-0.3, -0.25) is 4.79 Å². The molecule has 1 N–H and O–H groups in total. The fraction of sp³-hybridized carbons (Fsp3) is 0.500. The van der Waals surface area contributed by atoms with Crippen LogP contribution in [0.5, 0.6) is 0 Å². The van der Waals surface area contributed by atoms with E-state index in [4.69, 9.17) is 0 Å². The zero-order valence-electron chi connectivity index (χ0n) is 14.5. The molecule has 0 aromatic heterocycles. The van der Waals surface area contributed by atoms with Crippen molar-refractivity contribution < 1.29 is 17.6 Å². The third-order valence-corrected chi connectivity index (χ3v) is 5.57. The van der Waals surface area contributed by atoms with Gasteiger partial charge in [0.2, 0.25) is 10.0 Å². The maximum Gasteiger partial charge on any atom is 0.251 e. The minimum atomic E-state index is -3.34. The van der Waals surface area contributed by atoms with Crippen molar-refractivity contribution in [3.63, 3.8) is 0 Å². The fourth-order valence-corrected chi connectivity index (χ4v) is 3.72. The van der Waals surface area contributed by atoms with Gasteiger partial charge in [-0.1, -0.05) is 17.7 Å². The van der Waals surface area contributed by atoms with Gasteiger partial charge in [0.1, 0.15) is 5.82 Å². The summed E-state index contributed by atoms with van der Waals surface area (Å²) in [4.78, 5) is 12.0. The third-order valence-electron chi connectivity index (χ3n) is 4.27. The lowest BCUT2D eigenvalue weighted by Crippen LogP contribution is -2.38. The highest BCUT2D eigenvalue weighted by atomic mass is 32.2. The van der Waals surface area contributed by atoms with Crippen LogP contribution in [-0.2, 0) is 10.0 Å². The van der Waals surface area contributed by atoms with Crippen LogP contribution in [0.15, 0.2) is 35.9 Å². The van der Waals surface area contributed by atoms with Crippen molar-refractivity contribution in [2.75, 3.05) is 25.9 Å². The summed E-state index contributed by atoms with van der Waals surface area (Å²) in [5, 5.41) is 2.64. The van der Waals surface area contributed by atoms with Crippen molar-refractivity contribution in [3.05, 3.63) is 47.3 Å². The van der Waals surface area contributed by atoms with E-state index in [1.165, 1.54) is 40.8 Å². The summed E-state index contributed by atoms with van der Waals surface area (Å²) < 4.78 is 38.4. The Balaban J connectivity index is 1.85. The van der Waals surface area contributed by atoms with E-state index in [1.807, 2.05) is 0 Å². The van der Waals surface area contributed by atoms with Crippen LogP contribution >= 0.6 is 0 Å². The predicted octanol–water partition coefficient (Wildman–Crippen LogP) is 2.71. The quantitative estimate of drug-likeness (QED) is 0.718. The van der Waals surface area contributed by atoms with Crippen molar-refractivity contribution in [1.29, 1.82) is 0 Å². The molecule has 25 heavy (non-hydrogen) atoms. The van der Waals surface area contributed by atoms with Crippen LogP contribution in [0, 0.1) is 5.82 Å². The maximum atomic E-state index is 13.1. The molecule has 1 aromatic rings. The Kier molecular flexibility index (Phi) is 7.13. The maximum absolute atomic E-state index is 13.1. The minimum Gasteiger partial charge on any atom is -0.351 e. The zero-order chi connectivity index (χ0) is 18.3. The molecule has 0 spiro atoms. The number of hydrogen-bond acceptors (Lipinski definition) is 3. The van der Waals surface area contributed by atoms with E-state index in [9.17, 15) is 17.6 Å². The first-order valence-corrected chi connectivity index (χ1v) is 10.4. The Morgan fingerprint density at radius 1 is 1.28 bits per heavy atom. The zero-order valence-corrected chi connectivity index (χ0v) is 15.3. The first kappa shape index (κ1) is 19.6. The van der Waals surface area contributed by atoms with Gasteiger partial charge in [0.25, 0.3) is 5.91 Å². The summed E-state index contributed by atoms with van der Waals surface area (Å²) in [6.07, 6.45) is 8.57. The number of amides is 1. The molecule has 0 unspecified atom stereocenters. The molecule has 0 radical (unpaired) electrons. The lowest BCUT2D eigenvalue weighted by molar-refractivity contribution is 0.0951. The Morgan fingerprint density at radius 3 is 2.72 bits per heavy atom. The van der Waals surface area contributed by atoms with Gasteiger partial charge in [0, 0.05) is 25.2 Å². The molecule has 0 fully saturated rings. The molecule has 0 bridgehead atoms. The van der Waals surface area contributed by atoms with E-state index in [0.29, 0.717) is 6.54 Å². The van der Waals surface area contributed by atoms with Gasteiger partial charge in [-0.15, -0.1) is 0 Å². The highest BCUT2D eigenvalue weighted by molar-refractivity contribution is 7.88. The molecule has 1 aliphatic carbocycles.